The van der Waals surface area contributed by atoms with E-state index in [1.54, 1.807) is 0 Å². The molecular weight excluding hydrogens is 188 g/mol. The Hall–Kier alpha value is -0.570. The lowest BCUT2D eigenvalue weighted by molar-refractivity contribution is -0.136. The molecule has 0 spiro atoms. The molecule has 2 unspecified atom stereocenters. The molecule has 1 N–H and O–H groups in total. The normalized spacial score (nSPS) is 32.7. The van der Waals surface area contributed by atoms with E-state index in [1.165, 1.54) is 32.1 Å². The first-order chi connectivity index (χ1) is 7.29. The highest BCUT2D eigenvalue weighted by molar-refractivity contribution is 5.82. The van der Waals surface area contributed by atoms with Gasteiger partial charge in [-0.3, -0.25) is 4.79 Å². The van der Waals surface area contributed by atoms with Gasteiger partial charge in [0, 0.05) is 13.1 Å². The molecule has 86 valence electrons. The SMILES string of the molecule is CC1CCCNC1C(=O)N1CCCCC1. The summed E-state index contributed by atoms with van der Waals surface area (Å²) in [5, 5.41) is 3.37. The lowest BCUT2D eigenvalue weighted by atomic mass is 9.91. The molecule has 0 aliphatic carbocycles. The highest BCUT2D eigenvalue weighted by atomic mass is 16.2. The third-order valence-electron chi connectivity index (χ3n) is 3.70. The topological polar surface area (TPSA) is 32.3 Å². The van der Waals surface area contributed by atoms with Crippen LogP contribution in [0.2, 0.25) is 0 Å². The van der Waals surface area contributed by atoms with E-state index in [0.717, 1.165) is 19.6 Å². The quantitative estimate of drug-likeness (QED) is 0.709. The van der Waals surface area contributed by atoms with E-state index in [4.69, 9.17) is 0 Å². The lowest BCUT2D eigenvalue weighted by Crippen LogP contribution is -2.53. The summed E-state index contributed by atoms with van der Waals surface area (Å²) in [7, 11) is 0. The van der Waals surface area contributed by atoms with Gasteiger partial charge in [-0.05, 0) is 44.6 Å². The second kappa shape index (κ2) is 4.97. The molecule has 0 bridgehead atoms. The van der Waals surface area contributed by atoms with Gasteiger partial charge in [-0.1, -0.05) is 6.92 Å². The summed E-state index contributed by atoms with van der Waals surface area (Å²) < 4.78 is 0. The van der Waals surface area contributed by atoms with Gasteiger partial charge in [0.15, 0.2) is 0 Å². The smallest absolute Gasteiger partial charge is 0.239 e. The molecular formula is C12H22N2O. The molecule has 1 amide bonds. The summed E-state index contributed by atoms with van der Waals surface area (Å²) in [6.45, 7) is 5.15. The highest BCUT2D eigenvalue weighted by Crippen LogP contribution is 2.19. The maximum atomic E-state index is 12.2. The summed E-state index contributed by atoms with van der Waals surface area (Å²) in [6.07, 6.45) is 6.07. The summed E-state index contributed by atoms with van der Waals surface area (Å²) in [6, 6.07) is 0.0943. The molecule has 2 rings (SSSR count). The number of carbonyl (C=O) groups excluding carboxylic acids is 1. The molecule has 0 radical (unpaired) electrons. The second-order valence-electron chi connectivity index (χ2n) is 4.94. The fraction of sp³-hybridized carbons (Fsp3) is 0.917. The zero-order valence-corrected chi connectivity index (χ0v) is 9.67. The standard InChI is InChI=1S/C12H22N2O/c1-10-6-5-7-13-11(10)12(15)14-8-3-2-4-9-14/h10-11,13H,2-9H2,1H3. The third-order valence-corrected chi connectivity index (χ3v) is 3.70. The summed E-state index contributed by atoms with van der Waals surface area (Å²) >= 11 is 0. The number of rotatable bonds is 1. The monoisotopic (exact) mass is 210 g/mol. The maximum Gasteiger partial charge on any atom is 0.239 e. The number of amides is 1. The molecule has 2 aliphatic heterocycles. The van der Waals surface area contributed by atoms with E-state index in [9.17, 15) is 4.79 Å². The van der Waals surface area contributed by atoms with Gasteiger partial charge in [0.1, 0.15) is 0 Å². The van der Waals surface area contributed by atoms with Crippen LogP contribution in [0.5, 0.6) is 0 Å². The van der Waals surface area contributed by atoms with Crippen molar-refractivity contribution in [1.29, 1.82) is 0 Å². The van der Waals surface area contributed by atoms with Crippen LogP contribution in [0.25, 0.3) is 0 Å². The van der Waals surface area contributed by atoms with Gasteiger partial charge in [-0.25, -0.2) is 0 Å². The first-order valence-corrected chi connectivity index (χ1v) is 6.31. The summed E-state index contributed by atoms with van der Waals surface area (Å²) in [5.41, 5.74) is 0. The van der Waals surface area contributed by atoms with E-state index >= 15 is 0 Å². The number of likely N-dealkylation sites (tertiary alicyclic amines) is 1. The molecule has 0 aromatic heterocycles. The zero-order chi connectivity index (χ0) is 10.7. The summed E-state index contributed by atoms with van der Waals surface area (Å²) in [5.74, 6) is 0.857. The number of nitrogens with one attached hydrogen (secondary N) is 1. The van der Waals surface area contributed by atoms with Crippen molar-refractivity contribution < 1.29 is 4.79 Å². The molecule has 2 aliphatic rings. The lowest BCUT2D eigenvalue weighted by Gasteiger charge is -2.35. The van der Waals surface area contributed by atoms with Crippen molar-refractivity contribution >= 4 is 5.91 Å². The molecule has 0 aromatic carbocycles. The largest absolute Gasteiger partial charge is 0.341 e. The first kappa shape index (κ1) is 10.9. The molecule has 3 heteroatoms. The predicted octanol–water partition coefficient (Wildman–Crippen LogP) is 1.39. The Balaban J connectivity index is 1.92. The molecule has 2 heterocycles. The molecule has 0 saturated carbocycles. The first-order valence-electron chi connectivity index (χ1n) is 6.31. The number of carbonyl (C=O) groups is 1. The molecule has 15 heavy (non-hydrogen) atoms. The van der Waals surface area contributed by atoms with Crippen molar-refractivity contribution in [2.75, 3.05) is 19.6 Å². The molecule has 3 nitrogen and oxygen atoms in total. The Morgan fingerprint density at radius 2 is 1.93 bits per heavy atom. The van der Waals surface area contributed by atoms with Crippen molar-refractivity contribution in [2.24, 2.45) is 5.92 Å². The van der Waals surface area contributed by atoms with Crippen LogP contribution in [0.4, 0.5) is 0 Å². The Morgan fingerprint density at radius 1 is 1.20 bits per heavy atom. The van der Waals surface area contributed by atoms with Crippen LogP contribution in [0.3, 0.4) is 0 Å². The van der Waals surface area contributed by atoms with Crippen molar-refractivity contribution in [2.45, 2.75) is 45.1 Å². The van der Waals surface area contributed by atoms with Crippen molar-refractivity contribution in [3.63, 3.8) is 0 Å². The van der Waals surface area contributed by atoms with Crippen molar-refractivity contribution in [3.05, 3.63) is 0 Å². The van der Waals surface area contributed by atoms with Gasteiger partial charge in [-0.2, -0.15) is 0 Å². The number of hydrogen-bond donors (Lipinski definition) is 1. The number of piperidine rings is 2. The van der Waals surface area contributed by atoms with Gasteiger partial charge < -0.3 is 10.2 Å². The predicted molar refractivity (Wildman–Crippen MR) is 60.6 cm³/mol. The van der Waals surface area contributed by atoms with Gasteiger partial charge in [-0.15, -0.1) is 0 Å². The fourth-order valence-corrected chi connectivity index (χ4v) is 2.69. The van der Waals surface area contributed by atoms with Crippen LogP contribution in [-0.2, 0) is 4.79 Å². The fourth-order valence-electron chi connectivity index (χ4n) is 2.69. The number of hydrogen-bond acceptors (Lipinski definition) is 2. The van der Waals surface area contributed by atoms with E-state index < -0.39 is 0 Å². The van der Waals surface area contributed by atoms with Crippen LogP contribution < -0.4 is 5.32 Å². The molecule has 0 aromatic rings. The van der Waals surface area contributed by atoms with Gasteiger partial charge >= 0.3 is 0 Å². The Labute approximate surface area is 92.2 Å². The maximum absolute atomic E-state index is 12.2. The van der Waals surface area contributed by atoms with E-state index in [0.29, 0.717) is 11.8 Å². The van der Waals surface area contributed by atoms with Crippen LogP contribution in [0, 0.1) is 5.92 Å². The van der Waals surface area contributed by atoms with Crippen molar-refractivity contribution in [1.82, 2.24) is 10.2 Å². The molecule has 2 fully saturated rings. The third kappa shape index (κ3) is 2.51. The Morgan fingerprint density at radius 3 is 2.60 bits per heavy atom. The minimum Gasteiger partial charge on any atom is -0.341 e. The van der Waals surface area contributed by atoms with Crippen LogP contribution >= 0.6 is 0 Å². The van der Waals surface area contributed by atoms with Crippen LogP contribution in [0.15, 0.2) is 0 Å². The second-order valence-corrected chi connectivity index (χ2v) is 4.94. The zero-order valence-electron chi connectivity index (χ0n) is 9.67. The molecule has 2 atom stereocenters. The van der Waals surface area contributed by atoms with Crippen molar-refractivity contribution in [3.8, 4) is 0 Å². The average Bonchev–Trinajstić information content (AvgIpc) is 2.30. The molecule has 2 saturated heterocycles. The minimum atomic E-state index is 0.0943. The average molecular weight is 210 g/mol. The summed E-state index contributed by atoms with van der Waals surface area (Å²) in [4.78, 5) is 14.3. The highest BCUT2D eigenvalue weighted by Gasteiger charge is 2.31. The number of nitrogens with zero attached hydrogens (tertiary/aromatic N) is 1. The van der Waals surface area contributed by atoms with Gasteiger partial charge in [0.2, 0.25) is 5.91 Å². The minimum absolute atomic E-state index is 0.0943. The Bertz CT molecular complexity index is 224. The van der Waals surface area contributed by atoms with Gasteiger partial charge in [0.05, 0.1) is 6.04 Å². The van der Waals surface area contributed by atoms with E-state index in [-0.39, 0.29) is 6.04 Å². The van der Waals surface area contributed by atoms with Crippen LogP contribution in [-0.4, -0.2) is 36.5 Å². The van der Waals surface area contributed by atoms with E-state index in [1.807, 2.05) is 0 Å². The van der Waals surface area contributed by atoms with E-state index in [2.05, 4.69) is 17.1 Å². The van der Waals surface area contributed by atoms with Crippen LogP contribution in [0.1, 0.15) is 39.0 Å². The Kier molecular flexibility index (Phi) is 3.62. The van der Waals surface area contributed by atoms with Gasteiger partial charge in [0.25, 0.3) is 0 Å².